The maximum atomic E-state index is 14.9. The van der Waals surface area contributed by atoms with Gasteiger partial charge in [0, 0.05) is 26.6 Å². The van der Waals surface area contributed by atoms with Gasteiger partial charge < -0.3 is 29.7 Å². The summed E-state index contributed by atoms with van der Waals surface area (Å²) in [5.41, 5.74) is 7.05. The number of aryl methyl sites for hydroxylation is 2. The smallest absolute Gasteiger partial charge is 0.340 e. The predicted molar refractivity (Wildman–Crippen MR) is 203 cm³/mol. The largest absolute Gasteiger partial charge is 0.465 e. The third kappa shape index (κ3) is 8.63. The van der Waals surface area contributed by atoms with Crippen molar-refractivity contribution in [2.75, 3.05) is 25.3 Å². The van der Waals surface area contributed by atoms with Crippen molar-refractivity contribution in [3.63, 3.8) is 0 Å². The third-order valence-electron chi connectivity index (χ3n) is 6.84. The number of carbonyl (C=O) groups excluding carboxylic acids is 2. The summed E-state index contributed by atoms with van der Waals surface area (Å²) < 4.78 is 44.1. The quantitative estimate of drug-likeness (QED) is 0.0776. The van der Waals surface area contributed by atoms with E-state index in [-0.39, 0.29) is 33.5 Å². The van der Waals surface area contributed by atoms with Crippen molar-refractivity contribution in [1.29, 1.82) is 0 Å². The maximum Gasteiger partial charge on any atom is 0.340 e. The number of rotatable bonds is 4. The van der Waals surface area contributed by atoms with Crippen LogP contribution in [0.25, 0.3) is 22.1 Å². The van der Waals surface area contributed by atoms with E-state index in [0.717, 1.165) is 17.5 Å². The monoisotopic (exact) mass is 950 g/mol. The number of carbonyl (C=O) groups is 2. The molecule has 2 aromatic heterocycles. The molecule has 4 aromatic carbocycles. The number of hydrogen-bond acceptors (Lipinski definition) is 8. The van der Waals surface area contributed by atoms with Gasteiger partial charge in [0.15, 0.2) is 11.6 Å². The maximum absolute atomic E-state index is 14.9. The Hall–Kier alpha value is -3.51. The molecule has 6 rings (SSSR count). The highest BCUT2D eigenvalue weighted by molar-refractivity contribution is 14.1. The molecule has 0 aliphatic heterocycles. The molecule has 0 fully saturated rings. The zero-order chi connectivity index (χ0) is 36.2. The van der Waals surface area contributed by atoms with Crippen LogP contribution >= 0.6 is 77.7 Å². The van der Waals surface area contributed by atoms with E-state index in [1.54, 1.807) is 41.4 Å². The number of anilines is 3. The lowest BCUT2D eigenvalue weighted by atomic mass is 10.1. The summed E-state index contributed by atoms with van der Waals surface area (Å²) >= 11 is 20.7. The van der Waals surface area contributed by atoms with Crippen molar-refractivity contribution in [3.05, 3.63) is 107 Å². The van der Waals surface area contributed by atoms with Gasteiger partial charge in [-0.1, -0.05) is 55.1 Å². The minimum absolute atomic E-state index is 0.0103. The van der Waals surface area contributed by atoms with Gasteiger partial charge in [-0.3, -0.25) is 0 Å². The number of nitrogens with two attached hydrogens (primary N) is 1. The molecule has 0 aliphatic carbocycles. The van der Waals surface area contributed by atoms with E-state index in [1.807, 2.05) is 18.2 Å². The van der Waals surface area contributed by atoms with Gasteiger partial charge >= 0.3 is 11.9 Å². The normalized spacial score (nSPS) is 10.6. The molecule has 0 unspecified atom stereocenters. The van der Waals surface area contributed by atoms with Crippen molar-refractivity contribution in [1.82, 2.24) is 19.1 Å². The van der Waals surface area contributed by atoms with Gasteiger partial charge in [0.1, 0.15) is 11.0 Å². The SMILES string of the molecule is COC(=O)c1cc2c(ncn2C)c(F)c1N.COC(=O)c1cc2c(ncn2C)c(F)c1Nc1ccc(Br)cc1Cl.Clc1cc(Br)ccc1I. The van der Waals surface area contributed by atoms with E-state index >= 15 is 0 Å². The van der Waals surface area contributed by atoms with E-state index in [1.165, 1.54) is 39.0 Å². The lowest BCUT2D eigenvalue weighted by Crippen LogP contribution is -2.08. The Labute approximate surface area is 319 Å². The average molecular weight is 953 g/mol. The number of aromatic nitrogens is 4. The summed E-state index contributed by atoms with van der Waals surface area (Å²) in [5.74, 6) is -2.67. The zero-order valence-electron chi connectivity index (χ0n) is 25.9. The van der Waals surface area contributed by atoms with Gasteiger partial charge in [0.25, 0.3) is 0 Å². The average Bonchev–Trinajstić information content (AvgIpc) is 3.64. The van der Waals surface area contributed by atoms with Crippen molar-refractivity contribution >= 4 is 129 Å². The minimum Gasteiger partial charge on any atom is -0.465 e. The minimum atomic E-state index is -0.696. The molecule has 0 spiro atoms. The standard InChI is InChI=1S/C16H12BrClFN3O2.C10H10FN3O2.C6H3BrClI/c1-22-7-20-15-12(22)6-9(16(23)24-2)14(13(15)19)21-11-4-3-8(17)5-10(11)18;1-14-4-13-9-6(14)3-5(10(15)16-2)8(12)7(9)11;7-4-1-2-6(9)5(8)3-4/h3-7,21H,1-2H3;3-4H,12H2,1-2H3;1-3H. The number of benzene rings is 4. The summed E-state index contributed by atoms with van der Waals surface area (Å²) in [6.07, 6.45) is 2.93. The van der Waals surface area contributed by atoms with Crippen LogP contribution in [0.2, 0.25) is 10.0 Å². The van der Waals surface area contributed by atoms with Crippen molar-refractivity contribution < 1.29 is 27.8 Å². The Bertz CT molecular complexity index is 2220. The van der Waals surface area contributed by atoms with Crippen molar-refractivity contribution in [3.8, 4) is 0 Å². The van der Waals surface area contributed by atoms with E-state index in [4.69, 9.17) is 33.7 Å². The molecule has 256 valence electrons. The highest BCUT2D eigenvalue weighted by Gasteiger charge is 2.23. The molecule has 2 heterocycles. The number of fused-ring (bicyclic) bond motifs is 2. The second-order valence-corrected chi connectivity index (χ2v) is 13.8. The molecule has 17 heteroatoms. The summed E-state index contributed by atoms with van der Waals surface area (Å²) in [5, 5.41) is 4.05. The number of nitrogen functional groups attached to an aromatic ring is 1. The van der Waals surface area contributed by atoms with E-state index in [0.29, 0.717) is 21.7 Å². The molecule has 3 N–H and O–H groups in total. The molecular weight excluding hydrogens is 928 g/mol. The van der Waals surface area contributed by atoms with Crippen LogP contribution in [0.15, 0.2) is 70.1 Å². The van der Waals surface area contributed by atoms with E-state index in [9.17, 15) is 18.4 Å². The van der Waals surface area contributed by atoms with Crippen molar-refractivity contribution in [2.45, 2.75) is 0 Å². The van der Waals surface area contributed by atoms with Crippen LogP contribution in [0.1, 0.15) is 20.7 Å². The first-order valence-corrected chi connectivity index (χ1v) is 17.1. The van der Waals surface area contributed by atoms with Gasteiger partial charge in [-0.15, -0.1) is 0 Å². The molecule has 0 saturated carbocycles. The van der Waals surface area contributed by atoms with Gasteiger partial charge in [0.2, 0.25) is 0 Å². The Morgan fingerprint density at radius 1 is 0.816 bits per heavy atom. The van der Waals surface area contributed by atoms with Crippen LogP contribution < -0.4 is 11.1 Å². The molecule has 10 nitrogen and oxygen atoms in total. The first-order valence-electron chi connectivity index (χ1n) is 13.7. The Morgan fingerprint density at radius 2 is 1.31 bits per heavy atom. The molecule has 6 aromatic rings. The summed E-state index contributed by atoms with van der Waals surface area (Å²) in [4.78, 5) is 31.4. The Balaban J connectivity index is 0.000000185. The number of hydrogen-bond donors (Lipinski definition) is 2. The zero-order valence-corrected chi connectivity index (χ0v) is 32.8. The molecular formula is C32H25Br2Cl2F2IN6O4. The molecule has 0 aliphatic rings. The third-order valence-corrected chi connectivity index (χ3v) is 9.71. The first kappa shape index (κ1) is 38.3. The van der Waals surface area contributed by atoms with Gasteiger partial charge in [0.05, 0.1) is 76.1 Å². The van der Waals surface area contributed by atoms with Crippen LogP contribution in [0.4, 0.5) is 25.8 Å². The number of nitrogens with one attached hydrogen (secondary N) is 1. The highest BCUT2D eigenvalue weighted by Crippen LogP contribution is 2.34. The molecule has 0 saturated heterocycles. The molecule has 0 radical (unpaired) electrons. The first-order chi connectivity index (χ1) is 23.2. The van der Waals surface area contributed by atoms with Crippen LogP contribution in [-0.2, 0) is 23.6 Å². The fourth-order valence-electron chi connectivity index (χ4n) is 4.33. The van der Waals surface area contributed by atoms with Crippen molar-refractivity contribution in [2.24, 2.45) is 14.1 Å². The fraction of sp³-hybridized carbons (Fsp3) is 0.125. The lowest BCUT2D eigenvalue weighted by Gasteiger charge is -2.14. The van der Waals surface area contributed by atoms with Crippen LogP contribution in [-0.4, -0.2) is 45.3 Å². The Morgan fingerprint density at radius 3 is 1.82 bits per heavy atom. The second kappa shape index (κ2) is 16.5. The van der Waals surface area contributed by atoms with E-state index < -0.39 is 23.6 Å². The summed E-state index contributed by atoms with van der Waals surface area (Å²) in [6.45, 7) is 0. The number of esters is 2. The van der Waals surface area contributed by atoms with Crippen LogP contribution in [0.5, 0.6) is 0 Å². The predicted octanol–water partition coefficient (Wildman–Crippen LogP) is 9.45. The van der Waals surface area contributed by atoms with Crippen LogP contribution in [0, 0.1) is 15.2 Å². The number of halogens is 7. The van der Waals surface area contributed by atoms with Gasteiger partial charge in [-0.25, -0.2) is 28.3 Å². The summed E-state index contributed by atoms with van der Waals surface area (Å²) in [7, 11) is 5.87. The van der Waals surface area contributed by atoms with E-state index in [2.05, 4.69) is 74.5 Å². The summed E-state index contributed by atoms with van der Waals surface area (Å²) in [6, 6.07) is 13.9. The Kier molecular flexibility index (Phi) is 12.9. The fourth-order valence-corrected chi connectivity index (χ4v) is 6.06. The molecule has 49 heavy (non-hydrogen) atoms. The van der Waals surface area contributed by atoms with Crippen LogP contribution in [0.3, 0.4) is 0 Å². The second-order valence-electron chi connectivity index (χ2n) is 10.0. The van der Waals surface area contributed by atoms with Gasteiger partial charge in [-0.05, 0) is 71.1 Å². The highest BCUT2D eigenvalue weighted by atomic mass is 127. The number of nitrogens with zero attached hydrogens (tertiary/aromatic N) is 4. The van der Waals surface area contributed by atoms with Gasteiger partial charge in [-0.2, -0.15) is 0 Å². The molecule has 0 bridgehead atoms. The molecule has 0 amide bonds. The topological polar surface area (TPSA) is 126 Å². The number of imidazole rings is 2. The molecule has 0 atom stereocenters. The lowest BCUT2D eigenvalue weighted by molar-refractivity contribution is 0.0592. The number of ether oxygens (including phenoxy) is 2. The number of methoxy groups -OCH3 is 2.